The van der Waals surface area contributed by atoms with Gasteiger partial charge in [0.1, 0.15) is 18.1 Å². The second-order valence-electron chi connectivity index (χ2n) is 6.49. The predicted molar refractivity (Wildman–Crippen MR) is 106 cm³/mol. The summed E-state index contributed by atoms with van der Waals surface area (Å²) in [5, 5.41) is 3.30. The molecule has 0 aromatic heterocycles. The minimum Gasteiger partial charge on any atom is -0.494 e. The number of hydrogen-bond acceptors (Lipinski definition) is 5. The van der Waals surface area contributed by atoms with Gasteiger partial charge in [-0.1, -0.05) is 11.6 Å². The molecule has 1 heterocycles. The third-order valence-corrected chi connectivity index (χ3v) is 4.59. The number of halogens is 1. The van der Waals surface area contributed by atoms with Crippen molar-refractivity contribution in [3.8, 4) is 11.5 Å². The fourth-order valence-electron chi connectivity index (χ4n) is 2.88. The van der Waals surface area contributed by atoms with Crippen LogP contribution in [-0.2, 0) is 20.7 Å². The molecule has 0 fully saturated rings. The van der Waals surface area contributed by atoms with E-state index in [0.29, 0.717) is 23.7 Å². The summed E-state index contributed by atoms with van der Waals surface area (Å²) in [6.45, 7) is 4.22. The smallest absolute Gasteiger partial charge is 0.313 e. The Bertz CT molecular complexity index is 852. The standard InChI is InChI=1S/C21H22ClNO5/c1-3-26-18-7-5-17(6-8-18)23-20(24)13(2)28-21(25)15-10-14-11-16(22)4-9-19(14)27-12-15/h4-9,11,13,15H,3,10,12H2,1-2H3,(H,23,24)/t13-,15-/m0/s1. The maximum absolute atomic E-state index is 12.4. The Hall–Kier alpha value is -2.73. The highest BCUT2D eigenvalue weighted by Crippen LogP contribution is 2.30. The van der Waals surface area contributed by atoms with E-state index in [1.54, 1.807) is 42.5 Å². The Morgan fingerprint density at radius 1 is 1.25 bits per heavy atom. The summed E-state index contributed by atoms with van der Waals surface area (Å²) in [6, 6.07) is 12.3. The highest BCUT2D eigenvalue weighted by Gasteiger charge is 2.30. The highest BCUT2D eigenvalue weighted by molar-refractivity contribution is 6.30. The van der Waals surface area contributed by atoms with E-state index in [1.807, 2.05) is 6.92 Å². The van der Waals surface area contributed by atoms with E-state index in [1.165, 1.54) is 6.92 Å². The van der Waals surface area contributed by atoms with Crippen LogP contribution in [0.4, 0.5) is 5.69 Å². The Morgan fingerprint density at radius 2 is 2.00 bits per heavy atom. The summed E-state index contributed by atoms with van der Waals surface area (Å²) < 4.78 is 16.3. The first-order valence-corrected chi connectivity index (χ1v) is 9.49. The molecule has 1 aliphatic rings. The van der Waals surface area contributed by atoms with E-state index in [2.05, 4.69) is 5.32 Å². The molecule has 0 aliphatic carbocycles. The average molecular weight is 404 g/mol. The SMILES string of the molecule is CCOc1ccc(NC(=O)[C@H](C)OC(=O)[C@@H]2COc3ccc(Cl)cc3C2)cc1. The molecule has 0 saturated carbocycles. The van der Waals surface area contributed by atoms with Crippen LogP contribution in [-0.4, -0.2) is 31.2 Å². The van der Waals surface area contributed by atoms with Crippen molar-refractivity contribution in [2.45, 2.75) is 26.4 Å². The molecule has 6 nitrogen and oxygen atoms in total. The molecule has 3 rings (SSSR count). The van der Waals surface area contributed by atoms with Gasteiger partial charge in [0.05, 0.1) is 12.5 Å². The summed E-state index contributed by atoms with van der Waals surface area (Å²) in [5.74, 6) is 0.0803. The van der Waals surface area contributed by atoms with Gasteiger partial charge in [0.25, 0.3) is 5.91 Å². The van der Waals surface area contributed by atoms with Crippen molar-refractivity contribution in [2.24, 2.45) is 5.92 Å². The predicted octanol–water partition coefficient (Wildman–Crippen LogP) is 3.86. The van der Waals surface area contributed by atoms with Crippen LogP contribution in [0.2, 0.25) is 5.02 Å². The maximum Gasteiger partial charge on any atom is 0.313 e. The second kappa shape index (κ2) is 8.97. The van der Waals surface area contributed by atoms with Gasteiger partial charge in [-0.3, -0.25) is 9.59 Å². The molecule has 2 atom stereocenters. The van der Waals surface area contributed by atoms with E-state index in [9.17, 15) is 9.59 Å². The fraction of sp³-hybridized carbons (Fsp3) is 0.333. The molecule has 0 radical (unpaired) electrons. The zero-order valence-corrected chi connectivity index (χ0v) is 16.5. The number of esters is 1. The van der Waals surface area contributed by atoms with E-state index >= 15 is 0 Å². The van der Waals surface area contributed by atoms with Gasteiger partial charge in [0.15, 0.2) is 6.10 Å². The normalized spacial score (nSPS) is 16.3. The molecule has 28 heavy (non-hydrogen) atoms. The number of ether oxygens (including phenoxy) is 3. The number of anilines is 1. The van der Waals surface area contributed by atoms with Crippen molar-refractivity contribution in [1.29, 1.82) is 0 Å². The van der Waals surface area contributed by atoms with Crippen molar-refractivity contribution in [3.63, 3.8) is 0 Å². The topological polar surface area (TPSA) is 73.9 Å². The van der Waals surface area contributed by atoms with Crippen molar-refractivity contribution >= 4 is 29.2 Å². The second-order valence-corrected chi connectivity index (χ2v) is 6.93. The molecule has 2 aromatic carbocycles. The number of amides is 1. The van der Waals surface area contributed by atoms with Gasteiger partial charge in [0, 0.05) is 10.7 Å². The van der Waals surface area contributed by atoms with Crippen LogP contribution in [0.1, 0.15) is 19.4 Å². The molecular formula is C21H22ClNO5. The largest absolute Gasteiger partial charge is 0.494 e. The van der Waals surface area contributed by atoms with Crippen LogP contribution in [0.5, 0.6) is 11.5 Å². The van der Waals surface area contributed by atoms with Crippen LogP contribution in [0.25, 0.3) is 0 Å². The highest BCUT2D eigenvalue weighted by atomic mass is 35.5. The summed E-state index contributed by atoms with van der Waals surface area (Å²) in [4.78, 5) is 24.8. The number of nitrogens with one attached hydrogen (secondary N) is 1. The number of benzene rings is 2. The van der Waals surface area contributed by atoms with E-state index < -0.39 is 23.9 Å². The van der Waals surface area contributed by atoms with Crippen molar-refractivity contribution < 1.29 is 23.8 Å². The number of carbonyl (C=O) groups excluding carboxylic acids is 2. The van der Waals surface area contributed by atoms with Crippen LogP contribution in [0, 0.1) is 5.92 Å². The molecule has 1 aliphatic heterocycles. The minimum atomic E-state index is -0.931. The van der Waals surface area contributed by atoms with Crippen molar-refractivity contribution in [2.75, 3.05) is 18.5 Å². The van der Waals surface area contributed by atoms with Gasteiger partial charge in [-0.2, -0.15) is 0 Å². The van der Waals surface area contributed by atoms with E-state index in [-0.39, 0.29) is 6.61 Å². The van der Waals surface area contributed by atoms with Crippen LogP contribution in [0.3, 0.4) is 0 Å². The Balaban J connectivity index is 1.54. The molecule has 148 valence electrons. The number of carbonyl (C=O) groups is 2. The first-order chi connectivity index (χ1) is 13.5. The third-order valence-electron chi connectivity index (χ3n) is 4.36. The molecule has 0 bridgehead atoms. The van der Waals surface area contributed by atoms with Gasteiger partial charge in [-0.05, 0) is 68.3 Å². The summed E-state index contributed by atoms with van der Waals surface area (Å²) >= 11 is 6.00. The average Bonchev–Trinajstić information content (AvgIpc) is 2.69. The third kappa shape index (κ3) is 4.95. The zero-order chi connectivity index (χ0) is 20.1. The van der Waals surface area contributed by atoms with E-state index in [0.717, 1.165) is 17.1 Å². The number of fused-ring (bicyclic) bond motifs is 1. The van der Waals surface area contributed by atoms with Gasteiger partial charge in [-0.25, -0.2) is 0 Å². The maximum atomic E-state index is 12.4. The van der Waals surface area contributed by atoms with Crippen molar-refractivity contribution in [1.82, 2.24) is 0 Å². The van der Waals surface area contributed by atoms with Crippen LogP contribution in [0.15, 0.2) is 42.5 Å². The molecule has 2 aromatic rings. The molecule has 0 spiro atoms. The van der Waals surface area contributed by atoms with Gasteiger partial charge in [0.2, 0.25) is 0 Å². The summed E-state index contributed by atoms with van der Waals surface area (Å²) in [6.07, 6.45) is -0.470. The lowest BCUT2D eigenvalue weighted by Crippen LogP contribution is -2.36. The molecule has 0 unspecified atom stereocenters. The molecule has 1 N–H and O–H groups in total. The van der Waals surface area contributed by atoms with E-state index in [4.69, 9.17) is 25.8 Å². The van der Waals surface area contributed by atoms with Crippen LogP contribution >= 0.6 is 11.6 Å². The van der Waals surface area contributed by atoms with Gasteiger partial charge in [-0.15, -0.1) is 0 Å². The van der Waals surface area contributed by atoms with Gasteiger partial charge >= 0.3 is 5.97 Å². The molecule has 1 amide bonds. The monoisotopic (exact) mass is 403 g/mol. The first-order valence-electron chi connectivity index (χ1n) is 9.11. The Labute approximate surface area is 168 Å². The molecule has 0 saturated heterocycles. The Morgan fingerprint density at radius 3 is 2.71 bits per heavy atom. The van der Waals surface area contributed by atoms with Crippen LogP contribution < -0.4 is 14.8 Å². The summed E-state index contributed by atoms with van der Waals surface area (Å²) in [7, 11) is 0. The Kier molecular flexibility index (Phi) is 6.41. The first kappa shape index (κ1) is 20.0. The van der Waals surface area contributed by atoms with Gasteiger partial charge < -0.3 is 19.5 Å². The number of hydrogen-bond donors (Lipinski definition) is 1. The quantitative estimate of drug-likeness (QED) is 0.741. The minimum absolute atomic E-state index is 0.209. The lowest BCUT2D eigenvalue weighted by atomic mass is 9.97. The fourth-order valence-corrected chi connectivity index (χ4v) is 3.08. The number of rotatable bonds is 6. The molecule has 7 heteroatoms. The van der Waals surface area contributed by atoms with Crippen molar-refractivity contribution in [3.05, 3.63) is 53.1 Å². The lowest BCUT2D eigenvalue weighted by molar-refractivity contribution is -0.158. The molecular weight excluding hydrogens is 382 g/mol. The zero-order valence-electron chi connectivity index (χ0n) is 15.7. The lowest BCUT2D eigenvalue weighted by Gasteiger charge is -2.25. The summed E-state index contributed by atoms with van der Waals surface area (Å²) in [5.41, 5.74) is 1.45.